The van der Waals surface area contributed by atoms with E-state index in [9.17, 15) is 4.79 Å². The van der Waals surface area contributed by atoms with Gasteiger partial charge in [0.25, 0.3) is 0 Å². The number of aromatic amines is 1. The van der Waals surface area contributed by atoms with Crippen LogP contribution in [-0.2, 0) is 11.2 Å². The predicted octanol–water partition coefficient (Wildman–Crippen LogP) is 0.852. The van der Waals surface area contributed by atoms with Crippen LogP contribution in [-0.4, -0.2) is 43.0 Å². The minimum atomic E-state index is 0.0870. The normalized spacial score (nSPS) is 10.8. The third-order valence-electron chi connectivity index (χ3n) is 2.49. The molecule has 0 atom stereocenters. The molecule has 16 heavy (non-hydrogen) atoms. The molecule has 0 saturated carbocycles. The lowest BCUT2D eigenvalue weighted by atomic mass is 10.1. The first-order valence-corrected chi connectivity index (χ1v) is 5.55. The number of H-pyrrole nitrogens is 1. The van der Waals surface area contributed by atoms with Crippen molar-refractivity contribution in [3.63, 3.8) is 0 Å². The molecule has 0 saturated heterocycles. The van der Waals surface area contributed by atoms with Crippen molar-refractivity contribution in [3.05, 3.63) is 23.0 Å². The van der Waals surface area contributed by atoms with E-state index in [4.69, 9.17) is 0 Å². The lowest BCUT2D eigenvalue weighted by molar-refractivity contribution is -0.120. The van der Waals surface area contributed by atoms with Gasteiger partial charge in [0.1, 0.15) is 0 Å². The lowest BCUT2D eigenvalue weighted by Crippen LogP contribution is -2.32. The fraction of sp³-hybridized carbons (Fsp3) is 0.583. The Bertz CT molecular complexity index is 355. The summed E-state index contributed by atoms with van der Waals surface area (Å²) >= 11 is 0. The van der Waals surface area contributed by atoms with Gasteiger partial charge in [-0.15, -0.1) is 0 Å². The molecular weight excluding hydrogens is 202 g/mol. The van der Waals surface area contributed by atoms with E-state index in [1.807, 2.05) is 38.9 Å². The van der Waals surface area contributed by atoms with Gasteiger partial charge in [-0.25, -0.2) is 0 Å². The molecule has 0 aliphatic carbocycles. The number of amides is 1. The fourth-order valence-electron chi connectivity index (χ4n) is 1.62. The van der Waals surface area contributed by atoms with Crippen molar-refractivity contribution in [3.8, 4) is 0 Å². The van der Waals surface area contributed by atoms with Crippen molar-refractivity contribution in [2.75, 3.05) is 27.2 Å². The van der Waals surface area contributed by atoms with E-state index < -0.39 is 0 Å². The second kappa shape index (κ2) is 5.70. The van der Waals surface area contributed by atoms with E-state index in [1.165, 1.54) is 0 Å². The van der Waals surface area contributed by atoms with Crippen LogP contribution in [0.5, 0.6) is 0 Å². The maximum absolute atomic E-state index is 11.6. The van der Waals surface area contributed by atoms with Crippen LogP contribution in [0.1, 0.15) is 17.0 Å². The maximum Gasteiger partial charge on any atom is 0.224 e. The van der Waals surface area contributed by atoms with Crippen LogP contribution in [0.15, 0.2) is 6.07 Å². The number of aryl methyl sites for hydroxylation is 2. The molecule has 0 radical (unpaired) electrons. The molecule has 1 heterocycles. The zero-order chi connectivity index (χ0) is 12.1. The highest BCUT2D eigenvalue weighted by molar-refractivity contribution is 5.78. The van der Waals surface area contributed by atoms with E-state index in [0.29, 0.717) is 13.0 Å². The first-order valence-electron chi connectivity index (χ1n) is 5.55. The topological polar surface area (TPSA) is 48.1 Å². The zero-order valence-corrected chi connectivity index (χ0v) is 10.6. The average molecular weight is 223 g/mol. The molecular formula is C12H21N3O. The second-order valence-corrected chi connectivity index (χ2v) is 4.43. The summed E-state index contributed by atoms with van der Waals surface area (Å²) < 4.78 is 0. The molecule has 1 rings (SSSR count). The van der Waals surface area contributed by atoms with Gasteiger partial charge in [0, 0.05) is 24.5 Å². The molecule has 1 aromatic rings. The van der Waals surface area contributed by atoms with Crippen molar-refractivity contribution < 1.29 is 4.79 Å². The highest BCUT2D eigenvalue weighted by atomic mass is 16.1. The van der Waals surface area contributed by atoms with Gasteiger partial charge in [0.2, 0.25) is 5.91 Å². The number of carbonyl (C=O) groups excluding carboxylic acids is 1. The van der Waals surface area contributed by atoms with Gasteiger partial charge in [-0.1, -0.05) is 0 Å². The number of rotatable bonds is 5. The third kappa shape index (κ3) is 4.06. The number of carbonyl (C=O) groups is 1. The Kier molecular flexibility index (Phi) is 4.55. The van der Waals surface area contributed by atoms with E-state index in [0.717, 1.165) is 23.5 Å². The minimum Gasteiger partial charge on any atom is -0.362 e. The molecule has 0 unspecified atom stereocenters. The van der Waals surface area contributed by atoms with Crippen LogP contribution >= 0.6 is 0 Å². The smallest absolute Gasteiger partial charge is 0.224 e. The van der Waals surface area contributed by atoms with E-state index in [1.54, 1.807) is 0 Å². The van der Waals surface area contributed by atoms with Gasteiger partial charge < -0.3 is 15.2 Å². The monoisotopic (exact) mass is 223 g/mol. The maximum atomic E-state index is 11.6. The summed E-state index contributed by atoms with van der Waals surface area (Å²) in [5, 5.41) is 2.90. The van der Waals surface area contributed by atoms with Crippen LogP contribution in [0.3, 0.4) is 0 Å². The van der Waals surface area contributed by atoms with E-state index in [2.05, 4.69) is 10.3 Å². The Morgan fingerprint density at radius 2 is 2.12 bits per heavy atom. The van der Waals surface area contributed by atoms with E-state index in [-0.39, 0.29) is 5.91 Å². The molecule has 0 spiro atoms. The number of nitrogens with one attached hydrogen (secondary N) is 2. The SMILES string of the molecule is Cc1cc(CC(=O)NCCN(C)C)c(C)[nH]1. The number of aromatic nitrogens is 1. The lowest BCUT2D eigenvalue weighted by Gasteiger charge is -2.10. The summed E-state index contributed by atoms with van der Waals surface area (Å²) in [6.45, 7) is 5.57. The Hall–Kier alpha value is -1.29. The Morgan fingerprint density at radius 1 is 1.44 bits per heavy atom. The Morgan fingerprint density at radius 3 is 2.62 bits per heavy atom. The van der Waals surface area contributed by atoms with Crippen LogP contribution in [0.4, 0.5) is 0 Å². The number of nitrogens with zero attached hydrogens (tertiary/aromatic N) is 1. The Labute approximate surface area is 97.0 Å². The number of hydrogen-bond acceptors (Lipinski definition) is 2. The number of hydrogen-bond donors (Lipinski definition) is 2. The molecule has 0 bridgehead atoms. The van der Waals surface area contributed by atoms with Crippen LogP contribution < -0.4 is 5.32 Å². The van der Waals surface area contributed by atoms with Crippen molar-refractivity contribution in [1.29, 1.82) is 0 Å². The summed E-state index contributed by atoms with van der Waals surface area (Å²) in [5.41, 5.74) is 3.27. The van der Waals surface area contributed by atoms with Crippen LogP contribution in [0.2, 0.25) is 0 Å². The molecule has 4 nitrogen and oxygen atoms in total. The summed E-state index contributed by atoms with van der Waals surface area (Å²) in [4.78, 5) is 16.9. The first-order chi connectivity index (χ1) is 7.49. The van der Waals surface area contributed by atoms with Crippen molar-refractivity contribution in [2.24, 2.45) is 0 Å². The highest BCUT2D eigenvalue weighted by Gasteiger charge is 2.07. The van der Waals surface area contributed by atoms with Crippen LogP contribution in [0, 0.1) is 13.8 Å². The molecule has 0 aromatic carbocycles. The highest BCUT2D eigenvalue weighted by Crippen LogP contribution is 2.09. The molecule has 0 fully saturated rings. The summed E-state index contributed by atoms with van der Waals surface area (Å²) in [5.74, 6) is 0.0870. The van der Waals surface area contributed by atoms with Gasteiger partial charge >= 0.3 is 0 Å². The standard InChI is InChI=1S/C12H21N3O/c1-9-7-11(10(2)14-9)8-12(16)13-5-6-15(3)4/h7,14H,5-6,8H2,1-4H3,(H,13,16). The molecule has 90 valence electrons. The summed E-state index contributed by atoms with van der Waals surface area (Å²) in [6.07, 6.45) is 0.462. The predicted molar refractivity (Wildman–Crippen MR) is 65.5 cm³/mol. The quantitative estimate of drug-likeness (QED) is 0.777. The largest absolute Gasteiger partial charge is 0.362 e. The van der Waals surface area contributed by atoms with Crippen molar-refractivity contribution >= 4 is 5.91 Å². The van der Waals surface area contributed by atoms with E-state index >= 15 is 0 Å². The van der Waals surface area contributed by atoms with Gasteiger partial charge in [0.05, 0.1) is 6.42 Å². The van der Waals surface area contributed by atoms with Gasteiger partial charge in [-0.2, -0.15) is 0 Å². The van der Waals surface area contributed by atoms with Gasteiger partial charge in [0.15, 0.2) is 0 Å². The number of likely N-dealkylation sites (N-methyl/N-ethyl adjacent to an activating group) is 1. The summed E-state index contributed by atoms with van der Waals surface area (Å²) in [7, 11) is 3.98. The Balaban J connectivity index is 2.37. The van der Waals surface area contributed by atoms with Crippen molar-refractivity contribution in [2.45, 2.75) is 20.3 Å². The third-order valence-corrected chi connectivity index (χ3v) is 2.49. The summed E-state index contributed by atoms with van der Waals surface area (Å²) in [6, 6.07) is 2.03. The zero-order valence-electron chi connectivity index (χ0n) is 10.6. The first kappa shape index (κ1) is 12.8. The minimum absolute atomic E-state index is 0.0870. The molecule has 4 heteroatoms. The molecule has 0 aliphatic heterocycles. The average Bonchev–Trinajstić information content (AvgIpc) is 2.44. The molecule has 1 amide bonds. The van der Waals surface area contributed by atoms with Crippen LogP contribution in [0.25, 0.3) is 0 Å². The fourth-order valence-corrected chi connectivity index (χ4v) is 1.62. The van der Waals surface area contributed by atoms with Gasteiger partial charge in [-0.3, -0.25) is 4.79 Å². The second-order valence-electron chi connectivity index (χ2n) is 4.43. The molecule has 1 aromatic heterocycles. The van der Waals surface area contributed by atoms with Gasteiger partial charge in [-0.05, 0) is 39.6 Å². The molecule has 0 aliphatic rings. The van der Waals surface area contributed by atoms with Crippen molar-refractivity contribution in [1.82, 2.24) is 15.2 Å². The molecule has 2 N–H and O–H groups in total.